The number of carboxylic acids is 3. The molecule has 9 nitrogen and oxygen atoms in total. The number of hydrogen-bond acceptors (Lipinski definition) is 7. The van der Waals surface area contributed by atoms with Crippen LogP contribution in [0.25, 0.3) is 0 Å². The molecule has 0 aliphatic heterocycles. The molecule has 0 spiro atoms. The molecule has 0 aromatic carbocycles. The van der Waals surface area contributed by atoms with E-state index in [0.29, 0.717) is 0 Å². The molecule has 0 aliphatic rings. The van der Waals surface area contributed by atoms with Crippen molar-refractivity contribution in [3.8, 4) is 0 Å². The number of carbonyl (C=O) groups is 3. The monoisotopic (exact) mass is 283 g/mol. The molecule has 0 saturated heterocycles. The van der Waals surface area contributed by atoms with Crippen LogP contribution in [-0.2, 0) is 30.9 Å². The maximum absolute atomic E-state index is 10.1. The number of rotatable bonds is 5. The number of hydrogen-bond donors (Lipinski definition) is 1. The maximum atomic E-state index is 10.1. The Morgan fingerprint density at radius 2 is 1.19 bits per heavy atom. The first-order valence-corrected chi connectivity index (χ1v) is 3.11. The van der Waals surface area contributed by atoms with Crippen LogP contribution >= 0.6 is 0 Å². The van der Waals surface area contributed by atoms with Crippen LogP contribution in [0.4, 0.5) is 0 Å². The van der Waals surface area contributed by atoms with Gasteiger partial charge in [0.25, 0.3) is 0 Å². The summed E-state index contributed by atoms with van der Waals surface area (Å²) in [4.78, 5) is 30.0. The average Bonchev–Trinajstić information content (AvgIpc) is 1.82. The molecule has 0 unspecified atom stereocenters. The quantitative estimate of drug-likeness (QED) is 0.482. The molecule has 0 rings (SSSR count). The number of carbonyl (C=O) groups excluding carboxylic acids is 3. The van der Waals surface area contributed by atoms with Gasteiger partial charge in [0.1, 0.15) is 5.60 Å². The molecule has 0 fully saturated rings. The van der Waals surface area contributed by atoms with Crippen molar-refractivity contribution >= 4 is 17.9 Å². The fraction of sp³-hybridized carbons (Fsp3) is 0.500. The van der Waals surface area contributed by atoms with Gasteiger partial charge in [0.2, 0.25) is 0 Å². The smallest absolute Gasteiger partial charge is 0.550 e. The second-order valence-electron chi connectivity index (χ2n) is 2.42. The van der Waals surface area contributed by atoms with E-state index in [0.717, 1.165) is 0 Å². The molecule has 16 heavy (non-hydrogen) atoms. The van der Waals surface area contributed by atoms with Crippen LogP contribution in [0.1, 0.15) is 12.8 Å². The molecule has 1 radical (unpaired) electrons. The SMILES string of the molecule is O.O.O=C([O-])CC(O)(CC(=O)[O-])C(=O)[O-].[Ni+3]. The summed E-state index contributed by atoms with van der Waals surface area (Å²) in [5, 5.41) is 38.9. The zero-order valence-electron chi connectivity index (χ0n) is 7.63. The average molecular weight is 284 g/mol. The van der Waals surface area contributed by atoms with Gasteiger partial charge >= 0.3 is 16.5 Å². The molecule has 0 atom stereocenters. The number of carboxylic acid groups (broad SMARTS) is 3. The number of aliphatic hydroxyl groups is 1. The number of aliphatic carboxylic acids is 3. The van der Waals surface area contributed by atoms with Crippen LogP contribution in [-0.4, -0.2) is 39.6 Å². The summed E-state index contributed by atoms with van der Waals surface area (Å²) in [6, 6.07) is 0. The van der Waals surface area contributed by atoms with Crippen LogP contribution in [0, 0.1) is 0 Å². The summed E-state index contributed by atoms with van der Waals surface area (Å²) in [5.74, 6) is -5.98. The van der Waals surface area contributed by atoms with Crippen molar-refractivity contribution < 1.29 is 62.3 Å². The van der Waals surface area contributed by atoms with E-state index in [1.165, 1.54) is 0 Å². The van der Waals surface area contributed by atoms with Crippen LogP contribution < -0.4 is 15.3 Å². The molecule has 5 N–H and O–H groups in total. The minimum Gasteiger partial charge on any atom is -0.550 e. The van der Waals surface area contributed by atoms with Gasteiger partial charge < -0.3 is 45.8 Å². The third-order valence-electron chi connectivity index (χ3n) is 1.25. The summed E-state index contributed by atoms with van der Waals surface area (Å²) in [7, 11) is 0. The van der Waals surface area contributed by atoms with Gasteiger partial charge in [-0.2, -0.15) is 0 Å². The third-order valence-corrected chi connectivity index (χ3v) is 1.25. The first kappa shape index (κ1) is 24.2. The van der Waals surface area contributed by atoms with E-state index in [9.17, 15) is 29.7 Å². The van der Waals surface area contributed by atoms with Crippen molar-refractivity contribution in [3.63, 3.8) is 0 Å². The van der Waals surface area contributed by atoms with Gasteiger partial charge in [-0.15, -0.1) is 0 Å². The summed E-state index contributed by atoms with van der Waals surface area (Å²) in [6.07, 6.45) is -2.72. The summed E-state index contributed by atoms with van der Waals surface area (Å²) in [6.45, 7) is 0. The largest absolute Gasteiger partial charge is 3.00 e. The van der Waals surface area contributed by atoms with Crippen LogP contribution in [0.2, 0.25) is 0 Å². The normalized spacial score (nSPS) is 8.81. The standard InChI is InChI=1S/C6H8O7.Ni.2H2O/c7-3(8)1-6(13,5(11)12)2-4(9)10;;;/h13H,1-2H2,(H,7,8)(H,9,10)(H,11,12);;2*1H2/q;+3;;/p-3. The van der Waals surface area contributed by atoms with Crippen LogP contribution in [0.15, 0.2) is 0 Å². The van der Waals surface area contributed by atoms with E-state index < -0.39 is 36.4 Å². The predicted molar refractivity (Wildman–Crippen MR) is 36.4 cm³/mol. The van der Waals surface area contributed by atoms with Gasteiger partial charge in [0.05, 0.1) is 5.97 Å². The van der Waals surface area contributed by atoms with Crippen LogP contribution in [0.5, 0.6) is 0 Å². The van der Waals surface area contributed by atoms with E-state index in [-0.39, 0.29) is 27.4 Å². The van der Waals surface area contributed by atoms with E-state index in [2.05, 4.69) is 0 Å². The molecule has 0 heterocycles. The Labute approximate surface area is 99.2 Å². The van der Waals surface area contributed by atoms with Gasteiger partial charge in [-0.25, -0.2) is 0 Å². The molecule has 0 aromatic heterocycles. The molecule has 0 bridgehead atoms. The second kappa shape index (κ2) is 9.04. The molecule has 10 heteroatoms. The van der Waals surface area contributed by atoms with Crippen molar-refractivity contribution in [2.24, 2.45) is 0 Å². The Balaban J connectivity index is -0.000000240. The van der Waals surface area contributed by atoms with Crippen molar-refractivity contribution in [3.05, 3.63) is 0 Å². The molecule has 0 amide bonds. The minimum absolute atomic E-state index is 0. The Kier molecular flexibility index (Phi) is 13.6. The van der Waals surface area contributed by atoms with E-state index in [1.807, 2.05) is 0 Å². The Hall–Kier alpha value is -1.22. The zero-order valence-corrected chi connectivity index (χ0v) is 8.61. The fourth-order valence-corrected chi connectivity index (χ4v) is 0.684. The molecule has 0 aliphatic carbocycles. The first-order valence-electron chi connectivity index (χ1n) is 3.11. The van der Waals surface area contributed by atoms with E-state index in [4.69, 9.17) is 5.11 Å². The van der Waals surface area contributed by atoms with Gasteiger partial charge in [-0.3, -0.25) is 0 Å². The van der Waals surface area contributed by atoms with E-state index in [1.54, 1.807) is 0 Å². The van der Waals surface area contributed by atoms with Crippen molar-refractivity contribution in [1.29, 1.82) is 0 Å². The summed E-state index contributed by atoms with van der Waals surface area (Å²) >= 11 is 0. The van der Waals surface area contributed by atoms with Gasteiger partial charge in [0, 0.05) is 24.8 Å². The van der Waals surface area contributed by atoms with Crippen molar-refractivity contribution in [1.82, 2.24) is 0 Å². The summed E-state index contributed by atoms with van der Waals surface area (Å²) < 4.78 is 0. The molecule has 0 saturated carbocycles. The van der Waals surface area contributed by atoms with Gasteiger partial charge in [0.15, 0.2) is 0 Å². The molecule has 0 aromatic rings. The second-order valence-corrected chi connectivity index (χ2v) is 2.42. The fourth-order valence-electron chi connectivity index (χ4n) is 0.684. The first-order chi connectivity index (χ1) is 5.78. The van der Waals surface area contributed by atoms with E-state index >= 15 is 0 Å². The summed E-state index contributed by atoms with van der Waals surface area (Å²) in [5.41, 5.74) is -2.97. The molecule has 97 valence electrons. The Morgan fingerprint density at radius 3 is 1.31 bits per heavy atom. The van der Waals surface area contributed by atoms with Gasteiger partial charge in [-0.1, -0.05) is 0 Å². The van der Waals surface area contributed by atoms with Gasteiger partial charge in [-0.05, 0) is 0 Å². The third kappa shape index (κ3) is 8.12. The zero-order chi connectivity index (χ0) is 10.6. The Bertz CT molecular complexity index is 234. The topological polar surface area (TPSA) is 204 Å². The minimum atomic E-state index is -2.97. The molecular formula is C6H9NiO9. The predicted octanol–water partition coefficient (Wildman–Crippen LogP) is -6.90. The Morgan fingerprint density at radius 1 is 0.938 bits per heavy atom. The molecular weight excluding hydrogens is 275 g/mol. The van der Waals surface area contributed by atoms with Crippen molar-refractivity contribution in [2.75, 3.05) is 0 Å². The van der Waals surface area contributed by atoms with Crippen LogP contribution in [0.3, 0.4) is 0 Å². The van der Waals surface area contributed by atoms with Crippen molar-refractivity contribution in [2.45, 2.75) is 18.4 Å². The maximum Gasteiger partial charge on any atom is 3.00 e.